The summed E-state index contributed by atoms with van der Waals surface area (Å²) < 4.78 is 32.1. The van der Waals surface area contributed by atoms with Gasteiger partial charge in [-0.3, -0.25) is 0 Å². The molecule has 10 heteroatoms. The van der Waals surface area contributed by atoms with Crippen molar-refractivity contribution in [3.8, 4) is 0 Å². The van der Waals surface area contributed by atoms with Gasteiger partial charge >= 0.3 is 6.09 Å². The number of carbonyl (C=O) groups excluding carboxylic acids is 2. The first-order chi connectivity index (χ1) is 17.5. The SMILES string of the molecule is CCOC(=O)NC(C)CN(N)/C(CC)=C(\CC)S(=O)(=O)c1ccc(N(C)CCC2(C=O)CCCC2)cc1. The molecule has 1 unspecified atom stereocenters. The summed E-state index contributed by atoms with van der Waals surface area (Å²) in [6.45, 7) is 8.38. The highest BCUT2D eigenvalue weighted by atomic mass is 32.2. The lowest BCUT2D eigenvalue weighted by Gasteiger charge is -2.28. The van der Waals surface area contributed by atoms with Gasteiger partial charge in [0, 0.05) is 36.4 Å². The van der Waals surface area contributed by atoms with Gasteiger partial charge in [0.25, 0.3) is 0 Å². The van der Waals surface area contributed by atoms with E-state index in [0.717, 1.165) is 50.6 Å². The summed E-state index contributed by atoms with van der Waals surface area (Å²) in [5, 5.41) is 4.09. The molecule has 1 fully saturated rings. The molecule has 3 N–H and O–H groups in total. The number of alkyl carbamates (subject to hydrolysis) is 1. The van der Waals surface area contributed by atoms with Crippen LogP contribution in [0.4, 0.5) is 10.5 Å². The van der Waals surface area contributed by atoms with Gasteiger partial charge in [-0.2, -0.15) is 0 Å². The Labute approximate surface area is 222 Å². The van der Waals surface area contributed by atoms with Crippen molar-refractivity contribution in [2.75, 3.05) is 31.6 Å². The van der Waals surface area contributed by atoms with E-state index in [2.05, 4.69) is 10.2 Å². The number of hydrogen-bond acceptors (Lipinski definition) is 8. The lowest BCUT2D eigenvalue weighted by molar-refractivity contribution is -0.116. The third-order valence-corrected chi connectivity index (χ3v) is 9.21. The Morgan fingerprint density at radius 1 is 1.16 bits per heavy atom. The number of nitrogens with two attached hydrogens (primary N) is 1. The van der Waals surface area contributed by atoms with Crippen molar-refractivity contribution in [1.29, 1.82) is 0 Å². The van der Waals surface area contributed by atoms with E-state index in [1.807, 2.05) is 14.0 Å². The molecule has 0 spiro atoms. The molecule has 208 valence electrons. The fourth-order valence-electron chi connectivity index (χ4n) is 4.98. The summed E-state index contributed by atoms with van der Waals surface area (Å²) >= 11 is 0. The molecular formula is C27H44N4O5S. The maximum atomic E-state index is 13.6. The molecule has 2 rings (SSSR count). The predicted molar refractivity (Wildman–Crippen MR) is 147 cm³/mol. The fraction of sp³-hybridized carbons (Fsp3) is 0.630. The first kappa shape index (κ1) is 30.6. The number of sulfone groups is 1. The van der Waals surface area contributed by atoms with Crippen LogP contribution in [0.3, 0.4) is 0 Å². The molecule has 0 aromatic heterocycles. The third kappa shape index (κ3) is 7.95. The Balaban J connectivity index is 2.18. The van der Waals surface area contributed by atoms with Gasteiger partial charge in [-0.1, -0.05) is 26.7 Å². The van der Waals surface area contributed by atoms with E-state index < -0.39 is 15.9 Å². The van der Waals surface area contributed by atoms with Crippen LogP contribution in [-0.2, 0) is 19.4 Å². The van der Waals surface area contributed by atoms with Gasteiger partial charge in [0.2, 0.25) is 9.84 Å². The molecule has 0 radical (unpaired) electrons. The van der Waals surface area contributed by atoms with Crippen molar-refractivity contribution >= 4 is 27.9 Å². The number of nitrogens with zero attached hydrogens (tertiary/aromatic N) is 2. The first-order valence-electron chi connectivity index (χ1n) is 13.2. The van der Waals surface area contributed by atoms with Gasteiger partial charge in [0.05, 0.1) is 23.0 Å². The van der Waals surface area contributed by atoms with Gasteiger partial charge in [0.1, 0.15) is 6.29 Å². The molecule has 0 saturated heterocycles. The van der Waals surface area contributed by atoms with E-state index >= 15 is 0 Å². The fourth-order valence-corrected chi connectivity index (χ4v) is 6.71. The third-order valence-electron chi connectivity index (χ3n) is 7.14. The molecule has 9 nitrogen and oxygen atoms in total. The smallest absolute Gasteiger partial charge is 0.407 e. The van der Waals surface area contributed by atoms with E-state index in [1.54, 1.807) is 45.0 Å². The molecular weight excluding hydrogens is 492 g/mol. The Hall–Kier alpha value is -2.59. The van der Waals surface area contributed by atoms with Crippen molar-refractivity contribution in [3.63, 3.8) is 0 Å². The van der Waals surface area contributed by atoms with Gasteiger partial charge in [-0.25, -0.2) is 19.1 Å². The minimum absolute atomic E-state index is 0.207. The maximum Gasteiger partial charge on any atom is 0.407 e. The first-order valence-corrected chi connectivity index (χ1v) is 14.7. The standard InChI is InChI=1S/C27H44N4O5S/c1-6-24(31(28)19-21(4)29-26(33)36-8-3)25(7-2)37(34,35)23-13-11-22(12-14-23)30(5)18-17-27(20-32)15-9-10-16-27/h11-14,20-21H,6-10,15-19,28H2,1-5H3,(H,29,33)/b25-24+. The zero-order valence-corrected chi connectivity index (χ0v) is 23.8. The number of benzene rings is 1. The van der Waals surface area contributed by atoms with Crippen LogP contribution in [0.1, 0.15) is 72.6 Å². The molecule has 1 aliphatic rings. The topological polar surface area (TPSA) is 122 Å². The molecule has 1 aromatic carbocycles. The van der Waals surface area contributed by atoms with Crippen LogP contribution in [0.2, 0.25) is 0 Å². The molecule has 0 heterocycles. The van der Waals surface area contributed by atoms with E-state index in [-0.39, 0.29) is 40.8 Å². The van der Waals surface area contributed by atoms with Crippen molar-refractivity contribution in [3.05, 3.63) is 34.9 Å². The molecule has 1 saturated carbocycles. The molecule has 0 bridgehead atoms. The molecule has 1 aromatic rings. The molecule has 1 aliphatic carbocycles. The van der Waals surface area contributed by atoms with Crippen LogP contribution >= 0.6 is 0 Å². The van der Waals surface area contributed by atoms with Crippen LogP contribution in [0, 0.1) is 5.41 Å². The number of rotatable bonds is 14. The average molecular weight is 537 g/mol. The minimum Gasteiger partial charge on any atom is -0.450 e. The summed E-state index contributed by atoms with van der Waals surface area (Å²) in [4.78, 5) is 25.9. The van der Waals surface area contributed by atoms with Crippen molar-refractivity contribution in [2.45, 2.75) is 83.6 Å². The van der Waals surface area contributed by atoms with Crippen LogP contribution in [0.15, 0.2) is 39.8 Å². The van der Waals surface area contributed by atoms with E-state index in [1.165, 1.54) is 5.01 Å². The zero-order valence-electron chi connectivity index (χ0n) is 23.0. The van der Waals surface area contributed by atoms with Crippen LogP contribution < -0.4 is 16.1 Å². The Morgan fingerprint density at radius 3 is 2.30 bits per heavy atom. The molecule has 1 atom stereocenters. The molecule has 1 amide bonds. The minimum atomic E-state index is -3.78. The maximum absolute atomic E-state index is 13.6. The van der Waals surface area contributed by atoms with E-state index in [4.69, 9.17) is 10.6 Å². The number of allylic oxidation sites excluding steroid dienone is 2. The highest BCUT2D eigenvalue weighted by Crippen LogP contribution is 2.39. The van der Waals surface area contributed by atoms with Crippen LogP contribution in [0.25, 0.3) is 0 Å². The average Bonchev–Trinajstić information content (AvgIpc) is 3.35. The summed E-state index contributed by atoms with van der Waals surface area (Å²) in [7, 11) is -1.82. The van der Waals surface area contributed by atoms with Crippen LogP contribution in [-0.4, -0.2) is 58.6 Å². The van der Waals surface area contributed by atoms with Gasteiger partial charge in [-0.15, -0.1) is 0 Å². The highest BCUT2D eigenvalue weighted by Gasteiger charge is 2.33. The van der Waals surface area contributed by atoms with E-state index in [0.29, 0.717) is 12.1 Å². The number of amides is 1. The number of anilines is 1. The number of aldehydes is 1. The highest BCUT2D eigenvalue weighted by molar-refractivity contribution is 7.95. The lowest BCUT2D eigenvalue weighted by atomic mass is 9.84. The summed E-state index contributed by atoms with van der Waals surface area (Å²) in [5.74, 6) is 6.29. The van der Waals surface area contributed by atoms with E-state index in [9.17, 15) is 18.0 Å². The largest absolute Gasteiger partial charge is 0.450 e. The summed E-state index contributed by atoms with van der Waals surface area (Å²) in [6, 6.07) is 6.52. The summed E-state index contributed by atoms with van der Waals surface area (Å²) in [5.41, 5.74) is 1.19. The second-order valence-corrected chi connectivity index (χ2v) is 11.8. The van der Waals surface area contributed by atoms with Crippen molar-refractivity contribution in [1.82, 2.24) is 10.3 Å². The number of carbonyl (C=O) groups is 2. The van der Waals surface area contributed by atoms with Crippen LogP contribution in [0.5, 0.6) is 0 Å². The Bertz CT molecular complexity index is 1030. The Kier molecular flexibility index (Phi) is 11.4. The monoisotopic (exact) mass is 536 g/mol. The van der Waals surface area contributed by atoms with Gasteiger partial charge < -0.3 is 24.8 Å². The number of nitrogens with one attached hydrogen (secondary N) is 1. The predicted octanol–water partition coefficient (Wildman–Crippen LogP) is 4.39. The molecule has 0 aliphatic heterocycles. The second kappa shape index (κ2) is 13.8. The van der Waals surface area contributed by atoms with Gasteiger partial charge in [0.15, 0.2) is 0 Å². The van der Waals surface area contributed by atoms with Crippen molar-refractivity contribution < 1.29 is 22.7 Å². The van der Waals surface area contributed by atoms with Crippen molar-refractivity contribution in [2.24, 2.45) is 11.3 Å². The zero-order chi connectivity index (χ0) is 27.6. The number of hydrazine groups is 1. The summed E-state index contributed by atoms with van der Waals surface area (Å²) in [6.07, 6.45) is 6.19. The second-order valence-electron chi connectivity index (χ2n) is 9.85. The molecule has 37 heavy (non-hydrogen) atoms. The Morgan fingerprint density at radius 2 is 1.78 bits per heavy atom. The quantitative estimate of drug-likeness (QED) is 0.204. The number of ether oxygens (including phenoxy) is 1. The normalized spacial score (nSPS) is 16.5. The lowest BCUT2D eigenvalue weighted by Crippen LogP contribution is -2.45. The number of hydrogen-bond donors (Lipinski definition) is 2. The van der Waals surface area contributed by atoms with Gasteiger partial charge in [-0.05, 0) is 70.2 Å².